The summed E-state index contributed by atoms with van der Waals surface area (Å²) in [7, 11) is 0. The molecule has 0 N–H and O–H groups in total. The summed E-state index contributed by atoms with van der Waals surface area (Å²) in [6.07, 6.45) is 8.14. The molecule has 1 unspecified atom stereocenters. The molecule has 2 rings (SSSR count). The van der Waals surface area contributed by atoms with Crippen molar-refractivity contribution in [2.45, 2.75) is 31.7 Å². The molecule has 0 bridgehead atoms. The first-order valence-electron chi connectivity index (χ1n) is 4.04. The summed E-state index contributed by atoms with van der Waals surface area (Å²) < 4.78 is 0. The van der Waals surface area contributed by atoms with Gasteiger partial charge in [-0.25, -0.2) is 0 Å². The maximum absolute atomic E-state index is 2.61. The van der Waals surface area contributed by atoms with E-state index in [2.05, 4.69) is 11.3 Å². The first kappa shape index (κ1) is 5.72. The number of hydrogen-bond acceptors (Lipinski definition) is 1. The van der Waals surface area contributed by atoms with Crippen LogP contribution < -0.4 is 0 Å². The van der Waals surface area contributed by atoms with Crippen LogP contribution in [-0.4, -0.2) is 24.0 Å². The number of hydrogen-bond donors (Lipinski definition) is 0. The topological polar surface area (TPSA) is 3.24 Å². The van der Waals surface area contributed by atoms with Gasteiger partial charge in [-0.2, -0.15) is 0 Å². The maximum Gasteiger partial charge on any atom is 0.0127 e. The van der Waals surface area contributed by atoms with Gasteiger partial charge in [-0.3, -0.25) is 0 Å². The molecule has 0 aliphatic carbocycles. The van der Waals surface area contributed by atoms with Crippen LogP contribution in [0.5, 0.6) is 0 Å². The molecule has 2 fully saturated rings. The highest BCUT2D eigenvalue weighted by atomic mass is 15.2. The van der Waals surface area contributed by atoms with Gasteiger partial charge in [-0.05, 0) is 38.8 Å². The van der Waals surface area contributed by atoms with Crippen LogP contribution in [0.2, 0.25) is 0 Å². The van der Waals surface area contributed by atoms with Crippen molar-refractivity contribution < 1.29 is 0 Å². The third-order valence-corrected chi connectivity index (χ3v) is 2.52. The minimum Gasteiger partial charge on any atom is -0.300 e. The minimum atomic E-state index is 0.874. The number of fused-ring (bicyclic) bond motifs is 1. The molecule has 0 aromatic carbocycles. The lowest BCUT2D eigenvalue weighted by Crippen LogP contribution is -2.33. The monoisotopic (exact) mass is 124 g/mol. The highest BCUT2D eigenvalue weighted by Gasteiger charge is 2.26. The fourth-order valence-corrected chi connectivity index (χ4v) is 1.99. The molecule has 2 saturated heterocycles. The van der Waals surface area contributed by atoms with Gasteiger partial charge in [0.1, 0.15) is 0 Å². The standard InChI is InChI=1S/C8H14N/c1-2-6-9-7-3-5-8(9)4-1/h5,8H,1-4,6-7H2. The van der Waals surface area contributed by atoms with E-state index >= 15 is 0 Å². The lowest BCUT2D eigenvalue weighted by molar-refractivity contribution is 0.212. The normalized spacial score (nSPS) is 36.7. The van der Waals surface area contributed by atoms with Crippen LogP contribution in [0, 0.1) is 6.42 Å². The molecule has 0 amide bonds. The van der Waals surface area contributed by atoms with Gasteiger partial charge in [0.05, 0.1) is 0 Å². The molecule has 9 heavy (non-hydrogen) atoms. The van der Waals surface area contributed by atoms with Crippen LogP contribution in [0.1, 0.15) is 25.7 Å². The van der Waals surface area contributed by atoms with Gasteiger partial charge in [0.2, 0.25) is 0 Å². The fourth-order valence-electron chi connectivity index (χ4n) is 1.99. The fraction of sp³-hybridized carbons (Fsp3) is 0.875. The number of nitrogens with zero attached hydrogens (tertiary/aromatic N) is 1. The van der Waals surface area contributed by atoms with Crippen molar-refractivity contribution in [1.29, 1.82) is 0 Å². The van der Waals surface area contributed by atoms with E-state index < -0.39 is 0 Å². The number of rotatable bonds is 0. The van der Waals surface area contributed by atoms with Crippen LogP contribution in [0.15, 0.2) is 0 Å². The lowest BCUT2D eigenvalue weighted by atomic mass is 10.0. The maximum atomic E-state index is 2.61. The Morgan fingerprint density at radius 2 is 2.22 bits per heavy atom. The Labute approximate surface area is 57.0 Å². The Morgan fingerprint density at radius 1 is 1.22 bits per heavy atom. The molecule has 1 atom stereocenters. The Bertz CT molecular complexity index is 88.7. The van der Waals surface area contributed by atoms with E-state index in [9.17, 15) is 0 Å². The molecule has 2 aliphatic heterocycles. The molecule has 1 heteroatoms. The van der Waals surface area contributed by atoms with Gasteiger partial charge in [0.25, 0.3) is 0 Å². The van der Waals surface area contributed by atoms with E-state index in [1.165, 1.54) is 38.8 Å². The largest absolute Gasteiger partial charge is 0.300 e. The molecule has 1 nitrogen and oxygen atoms in total. The molecular formula is C8H14N. The predicted molar refractivity (Wildman–Crippen MR) is 38.1 cm³/mol. The smallest absolute Gasteiger partial charge is 0.0127 e. The summed E-state index contributed by atoms with van der Waals surface area (Å²) >= 11 is 0. The van der Waals surface area contributed by atoms with Crippen LogP contribution in [0.3, 0.4) is 0 Å². The van der Waals surface area contributed by atoms with Crippen molar-refractivity contribution in [3.63, 3.8) is 0 Å². The summed E-state index contributed by atoms with van der Waals surface area (Å²) in [5, 5.41) is 0. The summed E-state index contributed by atoms with van der Waals surface area (Å²) in [6, 6.07) is 0.874. The quantitative estimate of drug-likeness (QED) is 0.472. The lowest BCUT2D eigenvalue weighted by Gasteiger charge is -2.28. The molecule has 0 spiro atoms. The predicted octanol–water partition coefficient (Wildman–Crippen LogP) is 1.45. The zero-order valence-corrected chi connectivity index (χ0v) is 5.84. The van der Waals surface area contributed by atoms with Gasteiger partial charge in [0, 0.05) is 6.04 Å². The second kappa shape index (κ2) is 2.30. The zero-order valence-electron chi connectivity index (χ0n) is 5.84. The van der Waals surface area contributed by atoms with E-state index in [-0.39, 0.29) is 0 Å². The van der Waals surface area contributed by atoms with E-state index in [0.29, 0.717) is 0 Å². The summed E-state index contributed by atoms with van der Waals surface area (Å²) in [5.74, 6) is 0. The van der Waals surface area contributed by atoms with Gasteiger partial charge < -0.3 is 4.90 Å². The summed E-state index contributed by atoms with van der Waals surface area (Å²) in [6.45, 7) is 2.70. The van der Waals surface area contributed by atoms with E-state index in [0.717, 1.165) is 6.04 Å². The first-order valence-corrected chi connectivity index (χ1v) is 4.04. The summed E-state index contributed by atoms with van der Waals surface area (Å²) in [4.78, 5) is 2.61. The van der Waals surface area contributed by atoms with Crippen molar-refractivity contribution >= 4 is 0 Å². The third kappa shape index (κ3) is 0.983. The van der Waals surface area contributed by atoms with E-state index in [1.54, 1.807) is 0 Å². The molecule has 0 saturated carbocycles. The Kier molecular flexibility index (Phi) is 1.46. The van der Waals surface area contributed by atoms with Gasteiger partial charge in [0.15, 0.2) is 0 Å². The van der Waals surface area contributed by atoms with Crippen molar-refractivity contribution in [3.05, 3.63) is 6.42 Å². The SMILES string of the molecule is [CH]1CCN2CCCCC12. The van der Waals surface area contributed by atoms with Gasteiger partial charge in [-0.15, -0.1) is 0 Å². The Morgan fingerprint density at radius 3 is 3.11 bits per heavy atom. The van der Waals surface area contributed by atoms with Gasteiger partial charge in [-0.1, -0.05) is 6.42 Å². The van der Waals surface area contributed by atoms with Crippen LogP contribution in [0.4, 0.5) is 0 Å². The van der Waals surface area contributed by atoms with Gasteiger partial charge >= 0.3 is 0 Å². The van der Waals surface area contributed by atoms with Crippen molar-refractivity contribution in [1.82, 2.24) is 4.90 Å². The molecule has 2 heterocycles. The second-order valence-electron chi connectivity index (χ2n) is 3.12. The van der Waals surface area contributed by atoms with Crippen molar-refractivity contribution in [2.75, 3.05) is 13.1 Å². The van der Waals surface area contributed by atoms with Crippen molar-refractivity contribution in [3.8, 4) is 0 Å². The van der Waals surface area contributed by atoms with Crippen molar-refractivity contribution in [2.24, 2.45) is 0 Å². The highest BCUT2D eigenvalue weighted by molar-refractivity contribution is 4.94. The zero-order chi connectivity index (χ0) is 6.10. The molecule has 0 aromatic rings. The van der Waals surface area contributed by atoms with Crippen LogP contribution >= 0.6 is 0 Å². The average molecular weight is 124 g/mol. The first-order chi connectivity index (χ1) is 4.47. The Balaban J connectivity index is 1.97. The van der Waals surface area contributed by atoms with Crippen LogP contribution in [-0.2, 0) is 0 Å². The molecule has 1 radical (unpaired) electrons. The average Bonchev–Trinajstić information content (AvgIpc) is 2.33. The molecular weight excluding hydrogens is 110 g/mol. The molecule has 2 aliphatic rings. The number of piperidine rings is 1. The minimum absolute atomic E-state index is 0.874. The Hall–Kier alpha value is -0.0400. The third-order valence-electron chi connectivity index (χ3n) is 2.52. The van der Waals surface area contributed by atoms with E-state index in [1.807, 2.05) is 0 Å². The highest BCUT2D eigenvalue weighted by Crippen LogP contribution is 2.25. The summed E-state index contributed by atoms with van der Waals surface area (Å²) in [5.41, 5.74) is 0. The molecule has 51 valence electrons. The van der Waals surface area contributed by atoms with Crippen LogP contribution in [0.25, 0.3) is 0 Å². The molecule has 0 aromatic heterocycles. The van der Waals surface area contributed by atoms with E-state index in [4.69, 9.17) is 0 Å². The second-order valence-corrected chi connectivity index (χ2v) is 3.12.